The predicted molar refractivity (Wildman–Crippen MR) is 99.1 cm³/mol. The van der Waals surface area contributed by atoms with Gasteiger partial charge >= 0.3 is 29.6 Å². The van der Waals surface area contributed by atoms with Crippen molar-refractivity contribution in [2.75, 3.05) is 24.7 Å². The number of ether oxygens (including phenoxy) is 2. The second kappa shape index (κ2) is 9.69. The molecule has 0 aliphatic carbocycles. The van der Waals surface area contributed by atoms with Crippen LogP contribution in [0.3, 0.4) is 0 Å². The molecule has 3 rings (SSSR count). The number of rotatable bonds is 6. The van der Waals surface area contributed by atoms with Crippen LogP contribution in [0.1, 0.15) is 29.8 Å². The summed E-state index contributed by atoms with van der Waals surface area (Å²) in [5.74, 6) is 0.304. The Morgan fingerprint density at radius 3 is 2.81 bits per heavy atom. The Hall–Kier alpha value is -1.40. The molecule has 7 heteroatoms. The zero-order chi connectivity index (χ0) is 18.7. The van der Waals surface area contributed by atoms with Gasteiger partial charge in [0.15, 0.2) is 5.75 Å². The van der Waals surface area contributed by atoms with E-state index in [1.165, 1.54) is 6.07 Å². The number of carboxylic acids is 1. The Bertz CT molecular complexity index is 813. The van der Waals surface area contributed by atoms with E-state index in [1.807, 2.05) is 24.3 Å². The molecule has 0 spiro atoms. The molecular weight excluding hydrogens is 377 g/mol. The maximum absolute atomic E-state index is 11.3. The van der Waals surface area contributed by atoms with Gasteiger partial charge in [0, 0.05) is 22.7 Å². The van der Waals surface area contributed by atoms with Gasteiger partial charge in [-0.2, -0.15) is 0 Å². The molecule has 0 unspecified atom stereocenters. The molecule has 27 heavy (non-hydrogen) atoms. The van der Waals surface area contributed by atoms with Crippen LogP contribution in [0.25, 0.3) is 0 Å². The third-order valence-corrected chi connectivity index (χ3v) is 4.35. The zero-order valence-corrected chi connectivity index (χ0v) is 18.6. The van der Waals surface area contributed by atoms with Crippen LogP contribution in [0.4, 0.5) is 5.69 Å². The first-order valence-corrected chi connectivity index (χ1v) is 8.97. The van der Waals surface area contributed by atoms with Gasteiger partial charge in [-0.1, -0.05) is 31.5 Å². The number of hydrogen-bond donors (Lipinski definition) is 0. The minimum atomic E-state index is -1.24. The van der Waals surface area contributed by atoms with Gasteiger partial charge in [0.1, 0.15) is 12.4 Å². The maximum Gasteiger partial charge on any atom is 1.00 e. The summed E-state index contributed by atoms with van der Waals surface area (Å²) >= 11 is 6.18. The van der Waals surface area contributed by atoms with Crippen LogP contribution in [0.15, 0.2) is 36.4 Å². The average Bonchev–Trinajstić information content (AvgIpc) is 2.60. The first-order chi connectivity index (χ1) is 12.5. The molecule has 0 aromatic heterocycles. The van der Waals surface area contributed by atoms with E-state index in [4.69, 9.17) is 21.1 Å². The quantitative estimate of drug-likeness (QED) is 0.649. The number of aromatic carboxylic acids is 1. The summed E-state index contributed by atoms with van der Waals surface area (Å²) in [5, 5.41) is 12.0. The van der Waals surface area contributed by atoms with Crippen LogP contribution >= 0.6 is 11.6 Å². The second-order valence-electron chi connectivity index (χ2n) is 6.67. The summed E-state index contributed by atoms with van der Waals surface area (Å²) in [6.45, 7) is 6.38. The minimum absolute atomic E-state index is 0. The number of fused-ring (bicyclic) bond motifs is 1. The maximum atomic E-state index is 11.3. The normalized spacial score (nSPS) is 12.8. The van der Waals surface area contributed by atoms with Crippen LogP contribution in [0, 0.1) is 5.92 Å². The third kappa shape index (κ3) is 5.32. The monoisotopic (exact) mass is 397 g/mol. The molecule has 0 amide bonds. The predicted octanol–water partition coefficient (Wildman–Crippen LogP) is 0.141. The van der Waals surface area contributed by atoms with Crippen molar-refractivity contribution in [3.8, 4) is 11.5 Å². The molecule has 2 aromatic rings. The minimum Gasteiger partial charge on any atom is -0.545 e. The molecule has 0 fully saturated rings. The van der Waals surface area contributed by atoms with E-state index in [0.29, 0.717) is 43.0 Å². The molecule has 0 bridgehead atoms. The van der Waals surface area contributed by atoms with E-state index in [2.05, 4.69) is 18.7 Å². The van der Waals surface area contributed by atoms with Gasteiger partial charge in [0.25, 0.3) is 0 Å². The van der Waals surface area contributed by atoms with Gasteiger partial charge in [-0.3, -0.25) is 0 Å². The van der Waals surface area contributed by atoms with Gasteiger partial charge in [0.2, 0.25) is 0 Å². The first kappa shape index (κ1) is 21.9. The number of carbonyl (C=O) groups is 1. The SMILES string of the molecule is CC(C)COc1ccc(Cl)cc1CN1CCOc2c(C(=O)[O-])cccc21.[Na+]. The first-order valence-electron chi connectivity index (χ1n) is 8.59. The van der Waals surface area contributed by atoms with Gasteiger partial charge in [0.05, 0.1) is 24.8 Å². The summed E-state index contributed by atoms with van der Waals surface area (Å²) in [7, 11) is 0. The van der Waals surface area contributed by atoms with E-state index < -0.39 is 5.97 Å². The molecule has 1 aliphatic heterocycles. The molecule has 2 aromatic carbocycles. The number of anilines is 1. The smallest absolute Gasteiger partial charge is 0.545 e. The van der Waals surface area contributed by atoms with Crippen molar-refractivity contribution in [1.29, 1.82) is 0 Å². The topological polar surface area (TPSA) is 61.8 Å². The number of carbonyl (C=O) groups excluding carboxylic acids is 1. The summed E-state index contributed by atoms with van der Waals surface area (Å²) < 4.78 is 11.5. The van der Waals surface area contributed by atoms with Crippen LogP contribution in [0.5, 0.6) is 11.5 Å². The van der Waals surface area contributed by atoms with E-state index in [9.17, 15) is 9.90 Å². The number of benzene rings is 2. The van der Waals surface area contributed by atoms with E-state index in [1.54, 1.807) is 6.07 Å². The summed E-state index contributed by atoms with van der Waals surface area (Å²) in [4.78, 5) is 13.4. The van der Waals surface area contributed by atoms with E-state index in [0.717, 1.165) is 17.0 Å². The van der Waals surface area contributed by atoms with E-state index in [-0.39, 0.29) is 35.1 Å². The molecule has 0 saturated carbocycles. The molecule has 1 heterocycles. The van der Waals surface area contributed by atoms with Crippen LogP contribution in [-0.2, 0) is 6.54 Å². The summed E-state index contributed by atoms with van der Waals surface area (Å²) in [6, 6.07) is 10.6. The van der Waals surface area contributed by atoms with E-state index >= 15 is 0 Å². The fraction of sp³-hybridized carbons (Fsp3) is 0.350. The van der Waals surface area contributed by atoms with Crippen LogP contribution < -0.4 is 49.0 Å². The number of halogens is 1. The van der Waals surface area contributed by atoms with Crippen molar-refractivity contribution < 1.29 is 48.9 Å². The van der Waals surface area contributed by atoms with Crippen molar-refractivity contribution in [3.05, 3.63) is 52.5 Å². The molecule has 0 N–H and O–H groups in total. The van der Waals surface area contributed by atoms with Gasteiger partial charge in [-0.25, -0.2) is 0 Å². The van der Waals surface area contributed by atoms with Crippen molar-refractivity contribution in [1.82, 2.24) is 0 Å². The summed E-state index contributed by atoms with van der Waals surface area (Å²) in [6.07, 6.45) is 0. The Morgan fingerprint density at radius 1 is 1.33 bits per heavy atom. The Balaban J connectivity index is 0.00000261. The molecule has 0 saturated heterocycles. The number of para-hydroxylation sites is 1. The molecular formula is C20H21ClNNaO4. The van der Waals surface area contributed by atoms with Gasteiger partial charge in [-0.05, 0) is 36.2 Å². The molecule has 1 aliphatic rings. The van der Waals surface area contributed by atoms with Gasteiger partial charge in [-0.15, -0.1) is 0 Å². The van der Waals surface area contributed by atoms with Crippen molar-refractivity contribution in [3.63, 3.8) is 0 Å². The van der Waals surface area contributed by atoms with Crippen LogP contribution in [-0.4, -0.2) is 25.7 Å². The van der Waals surface area contributed by atoms with Gasteiger partial charge < -0.3 is 24.3 Å². The Morgan fingerprint density at radius 2 is 2.11 bits per heavy atom. The zero-order valence-electron chi connectivity index (χ0n) is 15.8. The molecule has 138 valence electrons. The number of hydrogen-bond acceptors (Lipinski definition) is 5. The fourth-order valence-corrected chi connectivity index (χ4v) is 3.10. The molecule has 0 atom stereocenters. The average molecular weight is 398 g/mol. The number of nitrogens with zero attached hydrogens (tertiary/aromatic N) is 1. The number of carboxylic acid groups (broad SMARTS) is 1. The molecule has 5 nitrogen and oxygen atoms in total. The summed E-state index contributed by atoms with van der Waals surface area (Å²) in [5.41, 5.74) is 1.74. The Labute approximate surface area is 186 Å². The van der Waals surface area contributed by atoms with Crippen molar-refractivity contribution >= 4 is 23.3 Å². The standard InChI is InChI=1S/C20H22ClNO4.Na/c1-13(2)12-26-18-7-6-15(21)10-14(18)11-22-8-9-25-19-16(20(23)24)4-3-5-17(19)22;/h3-7,10,13H,8-9,11-12H2,1-2H3,(H,23,24);/q;+1/p-1. The van der Waals surface area contributed by atoms with Crippen molar-refractivity contribution in [2.45, 2.75) is 20.4 Å². The third-order valence-electron chi connectivity index (χ3n) is 4.12. The Kier molecular flexibility index (Phi) is 7.86. The largest absolute Gasteiger partial charge is 1.00 e. The second-order valence-corrected chi connectivity index (χ2v) is 7.10. The van der Waals surface area contributed by atoms with Crippen molar-refractivity contribution in [2.24, 2.45) is 5.92 Å². The molecule has 0 radical (unpaired) electrons. The van der Waals surface area contributed by atoms with Crippen LogP contribution in [0.2, 0.25) is 5.02 Å². The fourth-order valence-electron chi connectivity index (χ4n) is 2.90.